The zero-order valence-corrected chi connectivity index (χ0v) is 10.8. The van der Waals surface area contributed by atoms with Crippen LogP contribution in [-0.2, 0) is 11.3 Å². The minimum absolute atomic E-state index is 0.574. The summed E-state index contributed by atoms with van der Waals surface area (Å²) in [6.07, 6.45) is 2.38. The fourth-order valence-electron chi connectivity index (χ4n) is 2.13. The molecule has 16 heavy (non-hydrogen) atoms. The summed E-state index contributed by atoms with van der Waals surface area (Å²) in [5, 5.41) is 3.61. The largest absolute Gasteiger partial charge is 0.381 e. The molecule has 1 aliphatic heterocycles. The van der Waals surface area contributed by atoms with Gasteiger partial charge in [0.2, 0.25) is 0 Å². The number of nitrogens with one attached hydrogen (secondary N) is 1. The number of nitrogens with zero attached hydrogens (tertiary/aromatic N) is 1. The minimum Gasteiger partial charge on any atom is -0.381 e. The lowest BCUT2D eigenvalue weighted by Gasteiger charge is -2.28. The van der Waals surface area contributed by atoms with Crippen LogP contribution in [0.4, 0.5) is 0 Å². The maximum Gasteiger partial charge on any atom is 0.0798 e. The van der Waals surface area contributed by atoms with Crippen molar-refractivity contribution in [3.63, 3.8) is 0 Å². The van der Waals surface area contributed by atoms with Crippen molar-refractivity contribution in [1.29, 1.82) is 0 Å². The van der Waals surface area contributed by atoms with Crippen LogP contribution in [0.5, 0.6) is 0 Å². The van der Waals surface area contributed by atoms with Gasteiger partial charge in [0.15, 0.2) is 0 Å². The molecule has 2 heterocycles. The van der Waals surface area contributed by atoms with E-state index in [2.05, 4.69) is 24.1 Å². The Bertz CT molecular complexity index is 321. The molecule has 0 spiro atoms. The smallest absolute Gasteiger partial charge is 0.0798 e. The molecule has 90 valence electrons. The molecular formula is C12H20N2OS. The molecule has 0 aromatic carbocycles. The molecule has 1 fully saturated rings. The Hall–Kier alpha value is -0.450. The Morgan fingerprint density at radius 3 is 2.94 bits per heavy atom. The van der Waals surface area contributed by atoms with E-state index in [1.165, 1.54) is 17.7 Å². The third kappa shape index (κ3) is 3.03. The van der Waals surface area contributed by atoms with Crippen LogP contribution in [0.25, 0.3) is 0 Å². The first-order valence-corrected chi connectivity index (χ1v) is 6.85. The van der Waals surface area contributed by atoms with E-state index in [0.717, 1.165) is 31.4 Å². The van der Waals surface area contributed by atoms with Crippen molar-refractivity contribution in [1.82, 2.24) is 10.3 Å². The molecule has 1 aromatic rings. The first-order chi connectivity index (χ1) is 7.77. The van der Waals surface area contributed by atoms with Crippen LogP contribution in [0.1, 0.15) is 30.3 Å². The highest BCUT2D eigenvalue weighted by Gasteiger charge is 2.20. The highest BCUT2D eigenvalue weighted by molar-refractivity contribution is 7.09. The predicted octanol–water partition coefficient (Wildman–Crippen LogP) is 2.36. The molecule has 3 nitrogen and oxygen atoms in total. The summed E-state index contributed by atoms with van der Waals surface area (Å²) >= 11 is 1.74. The van der Waals surface area contributed by atoms with E-state index >= 15 is 0 Å². The molecule has 0 aliphatic carbocycles. The summed E-state index contributed by atoms with van der Waals surface area (Å²) in [6, 6.07) is 0.574. The van der Waals surface area contributed by atoms with Gasteiger partial charge in [0.05, 0.1) is 11.2 Å². The van der Waals surface area contributed by atoms with Crippen LogP contribution in [0.2, 0.25) is 0 Å². The van der Waals surface area contributed by atoms with E-state index in [4.69, 9.17) is 4.74 Å². The summed E-state index contributed by atoms with van der Waals surface area (Å²) in [6.45, 7) is 7.17. The fraction of sp³-hybridized carbons (Fsp3) is 0.750. The van der Waals surface area contributed by atoms with Crippen molar-refractivity contribution < 1.29 is 4.74 Å². The summed E-state index contributed by atoms with van der Waals surface area (Å²) in [5.41, 5.74) is 3.09. The average molecular weight is 240 g/mol. The fourth-order valence-corrected chi connectivity index (χ4v) is 2.86. The number of rotatable bonds is 4. The van der Waals surface area contributed by atoms with Crippen molar-refractivity contribution in [3.8, 4) is 0 Å². The molecule has 1 aliphatic rings. The zero-order chi connectivity index (χ0) is 11.4. The highest BCUT2D eigenvalue weighted by Crippen LogP contribution is 2.19. The Labute approximate surface area is 101 Å². The second-order valence-corrected chi connectivity index (χ2v) is 5.42. The number of aromatic nitrogens is 1. The van der Waals surface area contributed by atoms with Crippen molar-refractivity contribution in [2.45, 2.75) is 39.3 Å². The van der Waals surface area contributed by atoms with Gasteiger partial charge in [0.25, 0.3) is 0 Å². The van der Waals surface area contributed by atoms with Gasteiger partial charge in [-0.15, -0.1) is 11.3 Å². The molecule has 1 atom stereocenters. The van der Waals surface area contributed by atoms with Gasteiger partial charge in [-0.1, -0.05) is 0 Å². The summed E-state index contributed by atoms with van der Waals surface area (Å²) in [7, 11) is 0. The minimum atomic E-state index is 0.574. The molecular weight excluding hydrogens is 220 g/mol. The monoisotopic (exact) mass is 240 g/mol. The van der Waals surface area contributed by atoms with E-state index < -0.39 is 0 Å². The number of thiazole rings is 1. The van der Waals surface area contributed by atoms with E-state index in [1.807, 2.05) is 5.51 Å². The van der Waals surface area contributed by atoms with Gasteiger partial charge in [-0.05, 0) is 32.6 Å². The van der Waals surface area contributed by atoms with Crippen LogP contribution in [0.15, 0.2) is 5.51 Å². The average Bonchev–Trinajstić information content (AvgIpc) is 2.73. The van der Waals surface area contributed by atoms with Gasteiger partial charge in [0.1, 0.15) is 0 Å². The second-order valence-electron chi connectivity index (χ2n) is 4.48. The number of ether oxygens (including phenoxy) is 1. The van der Waals surface area contributed by atoms with E-state index in [-0.39, 0.29) is 0 Å². The standard InChI is InChI=1S/C12H20N2OS/c1-9(11-3-5-15-6-4-11)13-7-12-10(2)14-8-16-12/h8-9,11,13H,3-7H2,1-2H3. The van der Waals surface area contributed by atoms with Crippen LogP contribution in [0.3, 0.4) is 0 Å². The van der Waals surface area contributed by atoms with Crippen molar-refractivity contribution in [2.75, 3.05) is 13.2 Å². The molecule has 0 amide bonds. The Morgan fingerprint density at radius 2 is 2.31 bits per heavy atom. The third-order valence-electron chi connectivity index (χ3n) is 3.40. The van der Waals surface area contributed by atoms with Crippen LogP contribution in [0, 0.1) is 12.8 Å². The van der Waals surface area contributed by atoms with Gasteiger partial charge in [-0.2, -0.15) is 0 Å². The number of hydrogen-bond acceptors (Lipinski definition) is 4. The topological polar surface area (TPSA) is 34.2 Å². The van der Waals surface area contributed by atoms with Gasteiger partial charge in [-0.25, -0.2) is 4.98 Å². The molecule has 0 radical (unpaired) electrons. The summed E-state index contributed by atoms with van der Waals surface area (Å²) in [4.78, 5) is 5.63. The molecule has 2 rings (SSSR count). The van der Waals surface area contributed by atoms with Crippen LogP contribution in [-0.4, -0.2) is 24.2 Å². The van der Waals surface area contributed by atoms with Crippen LogP contribution >= 0.6 is 11.3 Å². The number of aryl methyl sites for hydroxylation is 1. The van der Waals surface area contributed by atoms with Gasteiger partial charge >= 0.3 is 0 Å². The molecule has 4 heteroatoms. The second kappa shape index (κ2) is 5.75. The maximum atomic E-state index is 5.38. The predicted molar refractivity (Wildman–Crippen MR) is 66.7 cm³/mol. The van der Waals surface area contributed by atoms with Gasteiger partial charge < -0.3 is 10.1 Å². The SMILES string of the molecule is Cc1ncsc1CNC(C)C1CCOCC1. The summed E-state index contributed by atoms with van der Waals surface area (Å²) in [5.74, 6) is 0.766. The molecule has 1 aromatic heterocycles. The summed E-state index contributed by atoms with van der Waals surface area (Å²) < 4.78 is 5.38. The third-order valence-corrected chi connectivity index (χ3v) is 4.34. The maximum absolute atomic E-state index is 5.38. The molecule has 0 saturated carbocycles. The molecule has 1 saturated heterocycles. The zero-order valence-electron chi connectivity index (χ0n) is 10.0. The Kier molecular flexibility index (Phi) is 4.32. The lowest BCUT2D eigenvalue weighted by molar-refractivity contribution is 0.0558. The van der Waals surface area contributed by atoms with E-state index in [1.54, 1.807) is 11.3 Å². The first kappa shape index (κ1) is 12.0. The van der Waals surface area contributed by atoms with Crippen LogP contribution < -0.4 is 5.32 Å². The molecule has 1 unspecified atom stereocenters. The highest BCUT2D eigenvalue weighted by atomic mass is 32.1. The van der Waals surface area contributed by atoms with Crippen molar-refractivity contribution >= 4 is 11.3 Å². The normalized spacial score (nSPS) is 19.9. The molecule has 0 bridgehead atoms. The van der Waals surface area contributed by atoms with Gasteiger partial charge in [0, 0.05) is 30.7 Å². The Morgan fingerprint density at radius 1 is 1.56 bits per heavy atom. The van der Waals surface area contributed by atoms with E-state index in [0.29, 0.717) is 6.04 Å². The van der Waals surface area contributed by atoms with Gasteiger partial charge in [-0.3, -0.25) is 0 Å². The first-order valence-electron chi connectivity index (χ1n) is 5.97. The van der Waals surface area contributed by atoms with Crippen molar-refractivity contribution in [2.24, 2.45) is 5.92 Å². The van der Waals surface area contributed by atoms with E-state index in [9.17, 15) is 0 Å². The van der Waals surface area contributed by atoms with Crippen molar-refractivity contribution in [3.05, 3.63) is 16.1 Å². The quantitative estimate of drug-likeness (QED) is 0.877. The Balaban J connectivity index is 1.78. The molecule has 1 N–H and O–H groups in total. The lowest BCUT2D eigenvalue weighted by atomic mass is 9.93. The number of hydrogen-bond donors (Lipinski definition) is 1. The lowest BCUT2D eigenvalue weighted by Crippen LogP contribution is -2.36.